The second kappa shape index (κ2) is 8.97. The molecule has 0 saturated heterocycles. The molecule has 0 atom stereocenters. The lowest BCUT2D eigenvalue weighted by Crippen LogP contribution is -2.14. The fourth-order valence-electron chi connectivity index (χ4n) is 3.32. The number of hydrogen-bond donors (Lipinski definition) is 2. The van der Waals surface area contributed by atoms with Gasteiger partial charge in [-0.25, -0.2) is 4.68 Å². The van der Waals surface area contributed by atoms with Crippen LogP contribution in [0.5, 0.6) is 0 Å². The van der Waals surface area contributed by atoms with Crippen LogP contribution in [-0.2, 0) is 0 Å². The fourth-order valence-corrected chi connectivity index (χ4v) is 4.05. The van der Waals surface area contributed by atoms with Crippen molar-refractivity contribution in [3.63, 3.8) is 0 Å². The maximum atomic E-state index is 13.2. The highest BCUT2D eigenvalue weighted by Gasteiger charge is 2.20. The molecule has 3 heterocycles. The number of amides is 2. The summed E-state index contributed by atoms with van der Waals surface area (Å²) in [7, 11) is 0. The molecule has 8 heteroatoms. The van der Waals surface area contributed by atoms with E-state index in [0.29, 0.717) is 22.6 Å². The summed E-state index contributed by atoms with van der Waals surface area (Å²) in [5, 5.41) is 12.3. The van der Waals surface area contributed by atoms with Gasteiger partial charge in [0.15, 0.2) is 5.76 Å². The van der Waals surface area contributed by atoms with Gasteiger partial charge in [-0.3, -0.25) is 9.59 Å². The van der Waals surface area contributed by atoms with Gasteiger partial charge in [-0.05, 0) is 53.9 Å². The van der Waals surface area contributed by atoms with Crippen LogP contribution in [0.2, 0.25) is 0 Å². The van der Waals surface area contributed by atoms with Gasteiger partial charge in [-0.15, -0.1) is 11.3 Å². The molecule has 0 radical (unpaired) electrons. The zero-order chi connectivity index (χ0) is 22.6. The Morgan fingerprint density at radius 1 is 0.848 bits per heavy atom. The van der Waals surface area contributed by atoms with E-state index >= 15 is 0 Å². The van der Waals surface area contributed by atoms with Crippen LogP contribution in [0.25, 0.3) is 16.3 Å². The van der Waals surface area contributed by atoms with Crippen LogP contribution in [0.1, 0.15) is 20.9 Å². The second-order valence-corrected chi connectivity index (χ2v) is 8.06. The fraction of sp³-hybridized carbons (Fsp3) is 0. The molecule has 0 aliphatic rings. The lowest BCUT2D eigenvalue weighted by Gasteiger charge is -2.08. The van der Waals surface area contributed by atoms with Gasteiger partial charge < -0.3 is 15.1 Å². The Balaban J connectivity index is 1.41. The first kappa shape index (κ1) is 20.5. The lowest BCUT2D eigenvalue weighted by molar-refractivity contribution is 0.0995. The van der Waals surface area contributed by atoms with E-state index in [-0.39, 0.29) is 17.6 Å². The average Bonchev–Trinajstić information content (AvgIpc) is 3.61. The van der Waals surface area contributed by atoms with Crippen molar-refractivity contribution >= 4 is 34.5 Å². The van der Waals surface area contributed by atoms with Crippen LogP contribution < -0.4 is 10.6 Å². The predicted molar refractivity (Wildman–Crippen MR) is 128 cm³/mol. The molecule has 0 unspecified atom stereocenters. The topological polar surface area (TPSA) is 89.2 Å². The highest BCUT2D eigenvalue weighted by atomic mass is 32.1. The molecule has 0 aliphatic carbocycles. The molecule has 0 saturated carbocycles. The van der Waals surface area contributed by atoms with E-state index in [4.69, 9.17) is 4.42 Å². The molecule has 2 amide bonds. The molecule has 0 fully saturated rings. The molecule has 2 N–H and O–H groups in total. The van der Waals surface area contributed by atoms with E-state index in [1.807, 2.05) is 47.8 Å². The summed E-state index contributed by atoms with van der Waals surface area (Å²) in [5.74, 6) is -0.457. The van der Waals surface area contributed by atoms with Crippen LogP contribution in [0, 0.1) is 0 Å². The van der Waals surface area contributed by atoms with E-state index in [1.54, 1.807) is 47.3 Å². The molecule has 5 aromatic rings. The van der Waals surface area contributed by atoms with Crippen molar-refractivity contribution < 1.29 is 14.0 Å². The summed E-state index contributed by atoms with van der Waals surface area (Å²) < 4.78 is 6.82. The summed E-state index contributed by atoms with van der Waals surface area (Å²) in [4.78, 5) is 26.4. The van der Waals surface area contributed by atoms with Crippen molar-refractivity contribution in [1.29, 1.82) is 0 Å². The summed E-state index contributed by atoms with van der Waals surface area (Å²) in [5.41, 5.74) is 2.99. The first-order chi connectivity index (χ1) is 16.2. The molecule has 33 heavy (non-hydrogen) atoms. The number of aromatic nitrogens is 2. The Kier molecular flexibility index (Phi) is 5.57. The van der Waals surface area contributed by atoms with Crippen LogP contribution in [0.15, 0.2) is 101 Å². The van der Waals surface area contributed by atoms with Gasteiger partial charge in [0, 0.05) is 17.6 Å². The number of carbonyl (C=O) groups is 2. The number of carbonyl (C=O) groups excluding carboxylic acids is 2. The third-order valence-corrected chi connectivity index (χ3v) is 5.73. The van der Waals surface area contributed by atoms with Crippen molar-refractivity contribution in [3.8, 4) is 16.3 Å². The van der Waals surface area contributed by atoms with Gasteiger partial charge in [0.25, 0.3) is 11.8 Å². The second-order valence-electron chi connectivity index (χ2n) is 7.12. The molecule has 7 nitrogen and oxygen atoms in total. The molecule has 5 rings (SSSR count). The van der Waals surface area contributed by atoms with Crippen molar-refractivity contribution in [2.45, 2.75) is 0 Å². The van der Waals surface area contributed by atoms with Crippen molar-refractivity contribution in [2.75, 3.05) is 10.6 Å². The van der Waals surface area contributed by atoms with Crippen LogP contribution in [0.3, 0.4) is 0 Å². The molecule has 2 aromatic carbocycles. The molecule has 0 aliphatic heterocycles. The largest absolute Gasteiger partial charge is 0.459 e. The van der Waals surface area contributed by atoms with E-state index in [9.17, 15) is 9.59 Å². The van der Waals surface area contributed by atoms with E-state index in [0.717, 1.165) is 10.6 Å². The Bertz CT molecular complexity index is 1390. The highest BCUT2D eigenvalue weighted by molar-refractivity contribution is 7.13. The molecule has 0 spiro atoms. The molecular formula is C25H18N4O3S. The highest BCUT2D eigenvalue weighted by Crippen LogP contribution is 2.28. The quantitative estimate of drug-likeness (QED) is 0.344. The van der Waals surface area contributed by atoms with Gasteiger partial charge in [-0.2, -0.15) is 5.10 Å². The number of para-hydroxylation sites is 1. The van der Waals surface area contributed by atoms with E-state index < -0.39 is 0 Å². The SMILES string of the molecule is O=C(Nc1cccc(NC(=O)c2cn(-c3ccccc3)nc2-c2cccs2)c1)c1ccco1. The Morgan fingerprint density at radius 3 is 2.33 bits per heavy atom. The monoisotopic (exact) mass is 454 g/mol. The first-order valence-corrected chi connectivity index (χ1v) is 11.0. The van der Waals surface area contributed by atoms with Crippen molar-refractivity contribution in [1.82, 2.24) is 9.78 Å². The number of rotatable bonds is 6. The smallest absolute Gasteiger partial charge is 0.291 e. The number of anilines is 2. The Hall–Kier alpha value is -4.43. The van der Waals surface area contributed by atoms with Gasteiger partial charge in [0.1, 0.15) is 5.69 Å². The van der Waals surface area contributed by atoms with Gasteiger partial charge in [0.05, 0.1) is 22.4 Å². The van der Waals surface area contributed by atoms with Gasteiger partial charge in [-0.1, -0.05) is 30.3 Å². The van der Waals surface area contributed by atoms with Crippen molar-refractivity contribution in [3.05, 3.63) is 108 Å². The van der Waals surface area contributed by atoms with Crippen LogP contribution >= 0.6 is 11.3 Å². The minimum absolute atomic E-state index is 0.207. The maximum Gasteiger partial charge on any atom is 0.291 e. The number of benzene rings is 2. The average molecular weight is 455 g/mol. The van der Waals surface area contributed by atoms with Crippen LogP contribution in [0.4, 0.5) is 11.4 Å². The summed E-state index contributed by atoms with van der Waals surface area (Å²) >= 11 is 1.52. The molecule has 162 valence electrons. The minimum Gasteiger partial charge on any atom is -0.459 e. The van der Waals surface area contributed by atoms with E-state index in [2.05, 4.69) is 15.7 Å². The van der Waals surface area contributed by atoms with Crippen molar-refractivity contribution in [2.24, 2.45) is 0 Å². The van der Waals surface area contributed by atoms with Crippen LogP contribution in [-0.4, -0.2) is 21.6 Å². The normalized spacial score (nSPS) is 10.7. The maximum absolute atomic E-state index is 13.2. The number of nitrogens with one attached hydrogen (secondary N) is 2. The minimum atomic E-state index is -0.368. The summed E-state index contributed by atoms with van der Waals surface area (Å²) in [6, 6.07) is 23.6. The zero-order valence-electron chi connectivity index (χ0n) is 17.3. The summed E-state index contributed by atoms with van der Waals surface area (Å²) in [6.45, 7) is 0. The third-order valence-electron chi connectivity index (χ3n) is 4.86. The summed E-state index contributed by atoms with van der Waals surface area (Å²) in [6.07, 6.45) is 3.16. The zero-order valence-corrected chi connectivity index (χ0v) is 18.1. The molecule has 3 aromatic heterocycles. The van der Waals surface area contributed by atoms with Gasteiger partial charge in [0.2, 0.25) is 0 Å². The predicted octanol–water partition coefficient (Wildman–Crippen LogP) is 5.70. The van der Waals surface area contributed by atoms with Gasteiger partial charge >= 0.3 is 0 Å². The number of thiophene rings is 1. The molecule has 0 bridgehead atoms. The Labute approximate surface area is 193 Å². The first-order valence-electron chi connectivity index (χ1n) is 10.1. The Morgan fingerprint density at radius 2 is 1.64 bits per heavy atom. The number of nitrogens with zero attached hydrogens (tertiary/aromatic N) is 2. The third kappa shape index (κ3) is 4.46. The standard InChI is InChI=1S/C25H18N4O3S/c30-24(26-17-7-4-8-18(15-17)27-25(31)21-11-5-13-32-21)20-16-29(19-9-2-1-3-10-19)28-23(20)22-12-6-14-33-22/h1-16H,(H,26,30)(H,27,31). The molecular weight excluding hydrogens is 436 g/mol. The van der Waals surface area contributed by atoms with E-state index in [1.165, 1.54) is 17.6 Å². The lowest BCUT2D eigenvalue weighted by atomic mass is 10.2. The number of hydrogen-bond acceptors (Lipinski definition) is 5. The number of furan rings is 1.